The zero-order chi connectivity index (χ0) is 27.5. The first-order valence-corrected chi connectivity index (χ1v) is 13.6. The summed E-state index contributed by atoms with van der Waals surface area (Å²) in [6.45, 7) is 3.51. The molecule has 0 spiro atoms. The van der Waals surface area contributed by atoms with Crippen LogP contribution in [-0.4, -0.2) is 29.5 Å². The molecule has 0 aliphatic carbocycles. The molecule has 0 aliphatic rings. The van der Waals surface area contributed by atoms with Crippen LogP contribution in [0.25, 0.3) is 5.65 Å². The lowest BCUT2D eigenvalue weighted by molar-refractivity contribution is -0.139. The first-order chi connectivity index (χ1) is 18.0. The largest absolute Gasteiger partial charge is 0.487 e. The standard InChI is InChI=1S/C27H26F3N3O4S/c1-3-23-22(17-37-24-8-6-5-7-21(24)27(28,29)30)32-25-15-19(13-14-33(23)25)26(34)31-16-18-9-11-20(12-10-18)38(35,36)4-2/h5-15H,3-4,16-17H2,1-2H3,(H,31,34). The van der Waals surface area contributed by atoms with Crippen LogP contribution in [0.3, 0.4) is 0 Å². The molecule has 0 fully saturated rings. The average molecular weight is 546 g/mol. The number of para-hydroxylation sites is 1. The molecule has 1 amide bonds. The van der Waals surface area contributed by atoms with Gasteiger partial charge in [0.15, 0.2) is 9.84 Å². The summed E-state index contributed by atoms with van der Waals surface area (Å²) in [4.78, 5) is 17.5. The second-order valence-corrected chi connectivity index (χ2v) is 10.8. The number of amides is 1. The number of nitrogens with zero attached hydrogens (tertiary/aromatic N) is 2. The first-order valence-electron chi connectivity index (χ1n) is 11.9. The van der Waals surface area contributed by atoms with Gasteiger partial charge in [-0.2, -0.15) is 13.2 Å². The van der Waals surface area contributed by atoms with E-state index in [1.54, 1.807) is 41.8 Å². The summed E-state index contributed by atoms with van der Waals surface area (Å²) in [5, 5.41) is 2.80. The summed E-state index contributed by atoms with van der Waals surface area (Å²) in [5.41, 5.74) is 1.93. The maximum atomic E-state index is 13.3. The highest BCUT2D eigenvalue weighted by molar-refractivity contribution is 7.91. The number of alkyl halides is 3. The minimum Gasteiger partial charge on any atom is -0.487 e. The number of ether oxygens (including phenoxy) is 1. The molecule has 38 heavy (non-hydrogen) atoms. The smallest absolute Gasteiger partial charge is 0.419 e. The zero-order valence-corrected chi connectivity index (χ0v) is 21.6. The van der Waals surface area contributed by atoms with E-state index in [0.717, 1.165) is 17.3 Å². The van der Waals surface area contributed by atoms with Gasteiger partial charge in [0.2, 0.25) is 0 Å². The molecule has 0 saturated carbocycles. The molecule has 0 atom stereocenters. The molecular formula is C27H26F3N3O4S. The van der Waals surface area contributed by atoms with Crippen LogP contribution in [0.15, 0.2) is 71.8 Å². The first kappa shape index (κ1) is 27.2. The fourth-order valence-electron chi connectivity index (χ4n) is 4.01. The molecule has 7 nitrogen and oxygen atoms in total. The van der Waals surface area contributed by atoms with Gasteiger partial charge in [0.25, 0.3) is 5.91 Å². The number of hydrogen-bond donors (Lipinski definition) is 1. The van der Waals surface area contributed by atoms with Gasteiger partial charge in [0, 0.05) is 24.0 Å². The number of aryl methyl sites for hydroxylation is 1. The highest BCUT2D eigenvalue weighted by Gasteiger charge is 2.34. The van der Waals surface area contributed by atoms with Crippen LogP contribution >= 0.6 is 0 Å². The van der Waals surface area contributed by atoms with Gasteiger partial charge in [-0.15, -0.1) is 0 Å². The Morgan fingerprint density at radius 3 is 2.42 bits per heavy atom. The highest BCUT2D eigenvalue weighted by Crippen LogP contribution is 2.36. The maximum Gasteiger partial charge on any atom is 0.419 e. The van der Waals surface area contributed by atoms with Crippen molar-refractivity contribution in [3.63, 3.8) is 0 Å². The lowest BCUT2D eigenvalue weighted by Gasteiger charge is -2.13. The van der Waals surface area contributed by atoms with Gasteiger partial charge < -0.3 is 14.5 Å². The Balaban J connectivity index is 1.48. The Hall–Kier alpha value is -3.86. The van der Waals surface area contributed by atoms with Crippen molar-refractivity contribution in [2.24, 2.45) is 0 Å². The van der Waals surface area contributed by atoms with Crippen LogP contribution in [0.4, 0.5) is 13.2 Å². The van der Waals surface area contributed by atoms with Gasteiger partial charge in [0.05, 0.1) is 16.2 Å². The highest BCUT2D eigenvalue weighted by atomic mass is 32.2. The number of hydrogen-bond acceptors (Lipinski definition) is 5. The van der Waals surface area contributed by atoms with Gasteiger partial charge in [-0.1, -0.05) is 38.1 Å². The van der Waals surface area contributed by atoms with Crippen LogP contribution in [0.2, 0.25) is 0 Å². The quantitative estimate of drug-likeness (QED) is 0.312. The van der Waals surface area contributed by atoms with E-state index in [4.69, 9.17) is 4.74 Å². The van der Waals surface area contributed by atoms with Crippen molar-refractivity contribution in [3.8, 4) is 5.75 Å². The number of halogens is 3. The average Bonchev–Trinajstić information content (AvgIpc) is 3.27. The van der Waals surface area contributed by atoms with Crippen molar-refractivity contribution in [3.05, 3.63) is 94.9 Å². The number of imidazole rings is 1. The fourth-order valence-corrected chi connectivity index (χ4v) is 4.90. The number of aromatic nitrogens is 2. The number of carbonyl (C=O) groups is 1. The molecule has 4 aromatic rings. The Kier molecular flexibility index (Phi) is 7.77. The van der Waals surface area contributed by atoms with Crippen molar-refractivity contribution in [2.45, 2.75) is 44.5 Å². The molecule has 2 heterocycles. The molecule has 200 valence electrons. The Morgan fingerprint density at radius 1 is 1.05 bits per heavy atom. The van der Waals surface area contributed by atoms with Crippen LogP contribution in [0.1, 0.15) is 46.7 Å². The summed E-state index contributed by atoms with van der Waals surface area (Å²) < 4.78 is 71.1. The normalized spacial score (nSPS) is 12.0. The van der Waals surface area contributed by atoms with Gasteiger partial charge in [-0.05, 0) is 48.4 Å². The van der Waals surface area contributed by atoms with Crippen LogP contribution in [0.5, 0.6) is 5.75 Å². The van der Waals surface area contributed by atoms with E-state index < -0.39 is 21.6 Å². The van der Waals surface area contributed by atoms with Crippen LogP contribution in [0, 0.1) is 0 Å². The lowest BCUT2D eigenvalue weighted by atomic mass is 10.2. The number of pyridine rings is 1. The summed E-state index contributed by atoms with van der Waals surface area (Å²) in [6, 6.07) is 14.6. The molecule has 0 saturated heterocycles. The van der Waals surface area contributed by atoms with Crippen molar-refractivity contribution in [1.29, 1.82) is 0 Å². The maximum absolute atomic E-state index is 13.3. The topological polar surface area (TPSA) is 89.8 Å². The molecule has 0 aliphatic heterocycles. The lowest BCUT2D eigenvalue weighted by Crippen LogP contribution is -2.23. The van der Waals surface area contributed by atoms with Gasteiger partial charge in [-0.25, -0.2) is 13.4 Å². The van der Waals surface area contributed by atoms with Crippen molar-refractivity contribution < 1.29 is 31.1 Å². The number of fused-ring (bicyclic) bond motifs is 1. The number of nitrogens with one attached hydrogen (secondary N) is 1. The monoisotopic (exact) mass is 545 g/mol. The van der Waals surface area contributed by atoms with Gasteiger partial charge in [-0.3, -0.25) is 4.79 Å². The molecule has 0 radical (unpaired) electrons. The Bertz CT molecular complexity index is 1560. The van der Waals surface area contributed by atoms with E-state index in [0.29, 0.717) is 23.3 Å². The predicted octanol–water partition coefficient (Wildman–Crippen LogP) is 5.22. The summed E-state index contributed by atoms with van der Waals surface area (Å²) in [5.74, 6) is -0.622. The number of benzene rings is 2. The minimum atomic E-state index is -4.54. The van der Waals surface area contributed by atoms with E-state index in [1.165, 1.54) is 30.3 Å². The summed E-state index contributed by atoms with van der Waals surface area (Å²) in [6.07, 6.45) is -2.30. The summed E-state index contributed by atoms with van der Waals surface area (Å²) >= 11 is 0. The second-order valence-electron chi connectivity index (χ2n) is 8.52. The van der Waals surface area contributed by atoms with E-state index in [1.807, 2.05) is 6.92 Å². The molecule has 4 rings (SSSR count). The number of sulfone groups is 1. The van der Waals surface area contributed by atoms with E-state index in [2.05, 4.69) is 10.3 Å². The molecule has 0 bridgehead atoms. The minimum absolute atomic E-state index is 0.00771. The molecular weight excluding hydrogens is 519 g/mol. The fraction of sp³-hybridized carbons (Fsp3) is 0.259. The van der Waals surface area contributed by atoms with Crippen molar-refractivity contribution >= 4 is 21.4 Å². The predicted molar refractivity (Wildman–Crippen MR) is 136 cm³/mol. The number of rotatable bonds is 9. The van der Waals surface area contributed by atoms with E-state index >= 15 is 0 Å². The number of carbonyl (C=O) groups excluding carboxylic acids is 1. The third kappa shape index (κ3) is 5.83. The molecule has 0 unspecified atom stereocenters. The van der Waals surface area contributed by atoms with Gasteiger partial charge >= 0.3 is 6.18 Å². The van der Waals surface area contributed by atoms with Crippen molar-refractivity contribution in [1.82, 2.24) is 14.7 Å². The van der Waals surface area contributed by atoms with Crippen molar-refractivity contribution in [2.75, 3.05) is 5.75 Å². The van der Waals surface area contributed by atoms with E-state index in [9.17, 15) is 26.4 Å². The third-order valence-corrected chi connectivity index (χ3v) is 7.83. The Morgan fingerprint density at radius 2 is 1.76 bits per heavy atom. The SMILES string of the molecule is CCc1c(COc2ccccc2C(F)(F)F)nc2cc(C(=O)NCc3ccc(S(=O)(=O)CC)cc3)ccn12. The molecule has 2 aromatic heterocycles. The Labute approximate surface area is 218 Å². The molecule has 1 N–H and O–H groups in total. The van der Waals surface area contributed by atoms with E-state index in [-0.39, 0.29) is 35.5 Å². The third-order valence-electron chi connectivity index (χ3n) is 6.08. The second kappa shape index (κ2) is 10.9. The van der Waals surface area contributed by atoms with Crippen LogP contribution < -0.4 is 10.1 Å². The molecule has 11 heteroatoms. The summed E-state index contributed by atoms with van der Waals surface area (Å²) in [7, 11) is -3.30. The molecule has 2 aromatic carbocycles. The zero-order valence-electron chi connectivity index (χ0n) is 20.7. The van der Waals surface area contributed by atoms with Gasteiger partial charge in [0.1, 0.15) is 23.7 Å². The van der Waals surface area contributed by atoms with Crippen LogP contribution in [-0.2, 0) is 35.6 Å².